The number of aromatic hydroxyl groups is 2. The number of carbonyl (C=O) groups is 1. The molecule has 6 heteroatoms. The minimum absolute atomic E-state index is 0.0160. The first kappa shape index (κ1) is 18.2. The van der Waals surface area contributed by atoms with E-state index in [4.69, 9.17) is 9.47 Å². The molecule has 3 atom stereocenters. The third kappa shape index (κ3) is 4.15. The van der Waals surface area contributed by atoms with Crippen molar-refractivity contribution in [3.63, 3.8) is 0 Å². The van der Waals surface area contributed by atoms with Crippen molar-refractivity contribution in [2.45, 2.75) is 37.6 Å². The quantitative estimate of drug-likeness (QED) is 0.760. The summed E-state index contributed by atoms with van der Waals surface area (Å²) in [5, 5.41) is 29.6. The van der Waals surface area contributed by atoms with Crippen LogP contribution in [0, 0.1) is 0 Å². The first-order valence-electron chi connectivity index (χ1n) is 8.46. The number of Topliss-reactive ketones (excluding diaryl/α,β-unsaturated/α-hetero) is 1. The zero-order valence-corrected chi connectivity index (χ0v) is 14.5. The van der Waals surface area contributed by atoms with Crippen LogP contribution in [0.5, 0.6) is 17.2 Å². The number of phenols is 2. The van der Waals surface area contributed by atoms with Crippen LogP contribution in [0.2, 0.25) is 0 Å². The summed E-state index contributed by atoms with van der Waals surface area (Å²) < 4.78 is 11.1. The van der Waals surface area contributed by atoms with E-state index in [1.165, 1.54) is 13.2 Å². The third-order valence-corrected chi connectivity index (χ3v) is 4.57. The van der Waals surface area contributed by atoms with E-state index < -0.39 is 18.3 Å². The van der Waals surface area contributed by atoms with Gasteiger partial charge in [-0.05, 0) is 35.4 Å². The van der Waals surface area contributed by atoms with Gasteiger partial charge < -0.3 is 24.8 Å². The van der Waals surface area contributed by atoms with Gasteiger partial charge in [-0.3, -0.25) is 4.79 Å². The Kier molecular flexibility index (Phi) is 5.44. The summed E-state index contributed by atoms with van der Waals surface area (Å²) in [6, 6.07) is 11.4. The highest BCUT2D eigenvalue weighted by molar-refractivity contribution is 5.80. The van der Waals surface area contributed by atoms with Crippen LogP contribution in [-0.2, 0) is 16.0 Å². The molecular weight excluding hydrogens is 336 g/mol. The van der Waals surface area contributed by atoms with Gasteiger partial charge in [0.05, 0.1) is 25.4 Å². The number of aliphatic hydroxyl groups excluding tert-OH is 1. The molecular formula is C20H22O6. The summed E-state index contributed by atoms with van der Waals surface area (Å²) in [6.07, 6.45) is -1.25. The second kappa shape index (κ2) is 7.76. The molecule has 138 valence electrons. The molecule has 1 saturated heterocycles. The fraction of sp³-hybridized carbons (Fsp3) is 0.350. The third-order valence-electron chi connectivity index (χ3n) is 4.57. The molecule has 1 aliphatic heterocycles. The highest BCUT2D eigenvalue weighted by Gasteiger charge is 2.33. The zero-order chi connectivity index (χ0) is 18.7. The van der Waals surface area contributed by atoms with Crippen molar-refractivity contribution in [1.29, 1.82) is 0 Å². The molecule has 0 amide bonds. The van der Waals surface area contributed by atoms with Gasteiger partial charge in [-0.15, -0.1) is 0 Å². The van der Waals surface area contributed by atoms with Gasteiger partial charge in [0.1, 0.15) is 11.5 Å². The summed E-state index contributed by atoms with van der Waals surface area (Å²) in [5.41, 5.74) is 1.56. The van der Waals surface area contributed by atoms with Gasteiger partial charge >= 0.3 is 0 Å². The minimum Gasteiger partial charge on any atom is -0.508 e. The number of ketones is 1. The number of ether oxygens (including phenoxy) is 2. The highest BCUT2D eigenvalue weighted by atomic mass is 16.5. The molecule has 0 spiro atoms. The lowest BCUT2D eigenvalue weighted by Gasteiger charge is -2.32. The predicted octanol–water partition coefficient (Wildman–Crippen LogP) is 2.50. The Labute approximate surface area is 151 Å². The largest absolute Gasteiger partial charge is 0.508 e. The van der Waals surface area contributed by atoms with Crippen LogP contribution in [0.4, 0.5) is 0 Å². The van der Waals surface area contributed by atoms with Crippen molar-refractivity contribution in [2.75, 3.05) is 7.11 Å². The van der Waals surface area contributed by atoms with Gasteiger partial charge in [-0.25, -0.2) is 0 Å². The van der Waals surface area contributed by atoms with Crippen molar-refractivity contribution in [1.82, 2.24) is 0 Å². The summed E-state index contributed by atoms with van der Waals surface area (Å²) >= 11 is 0. The number of hydrogen-bond acceptors (Lipinski definition) is 6. The van der Waals surface area contributed by atoms with E-state index >= 15 is 0 Å². The Hall–Kier alpha value is -2.57. The molecule has 0 aliphatic carbocycles. The molecule has 6 nitrogen and oxygen atoms in total. The van der Waals surface area contributed by atoms with Crippen LogP contribution in [0.25, 0.3) is 0 Å². The molecule has 3 N–H and O–H groups in total. The first-order valence-corrected chi connectivity index (χ1v) is 8.46. The molecule has 1 fully saturated rings. The number of benzene rings is 2. The molecule has 0 aromatic heterocycles. The van der Waals surface area contributed by atoms with Crippen molar-refractivity contribution in [3.8, 4) is 17.2 Å². The van der Waals surface area contributed by atoms with Crippen molar-refractivity contribution in [2.24, 2.45) is 0 Å². The Morgan fingerprint density at radius 2 is 1.88 bits per heavy atom. The monoisotopic (exact) mass is 358 g/mol. The van der Waals surface area contributed by atoms with Gasteiger partial charge in [-0.1, -0.05) is 18.2 Å². The van der Waals surface area contributed by atoms with Crippen LogP contribution in [0.1, 0.15) is 30.1 Å². The maximum Gasteiger partial charge on any atom is 0.160 e. The Balaban J connectivity index is 1.73. The fourth-order valence-corrected chi connectivity index (χ4v) is 3.14. The van der Waals surface area contributed by atoms with Gasteiger partial charge in [-0.2, -0.15) is 0 Å². The lowest BCUT2D eigenvalue weighted by Crippen LogP contribution is -2.38. The fourth-order valence-electron chi connectivity index (χ4n) is 3.14. The van der Waals surface area contributed by atoms with Crippen LogP contribution in [-0.4, -0.2) is 40.4 Å². The number of aliphatic hydroxyl groups is 1. The van der Waals surface area contributed by atoms with Crippen LogP contribution >= 0.6 is 0 Å². The summed E-state index contributed by atoms with van der Waals surface area (Å²) in [6.45, 7) is 0. The van der Waals surface area contributed by atoms with E-state index in [-0.39, 0.29) is 30.1 Å². The summed E-state index contributed by atoms with van der Waals surface area (Å²) in [4.78, 5) is 12.2. The number of rotatable bonds is 5. The van der Waals surface area contributed by atoms with Crippen LogP contribution in [0.3, 0.4) is 0 Å². The average Bonchev–Trinajstić information content (AvgIpc) is 2.63. The molecule has 0 radical (unpaired) electrons. The molecule has 1 aliphatic rings. The SMILES string of the molecule is COc1cc([C@@H]2CC(=O)C[C@H]([C@@H](O)Cc3ccc(O)cc3)O2)ccc1O. The molecule has 0 bridgehead atoms. The normalized spacial score (nSPS) is 21.4. The molecule has 2 aromatic carbocycles. The lowest BCUT2D eigenvalue weighted by molar-refractivity contribution is -0.146. The summed E-state index contributed by atoms with van der Waals surface area (Å²) in [7, 11) is 1.45. The molecule has 3 rings (SSSR count). The second-order valence-electron chi connectivity index (χ2n) is 6.48. The smallest absolute Gasteiger partial charge is 0.160 e. The number of methoxy groups -OCH3 is 1. The molecule has 26 heavy (non-hydrogen) atoms. The molecule has 0 saturated carbocycles. The minimum atomic E-state index is -0.842. The predicted molar refractivity (Wildman–Crippen MR) is 94.3 cm³/mol. The Morgan fingerprint density at radius 1 is 1.15 bits per heavy atom. The Bertz CT molecular complexity index is 770. The zero-order valence-electron chi connectivity index (χ0n) is 14.5. The number of phenolic OH excluding ortho intramolecular Hbond substituents is 2. The average molecular weight is 358 g/mol. The van der Waals surface area contributed by atoms with Crippen molar-refractivity contribution >= 4 is 5.78 Å². The van der Waals surface area contributed by atoms with E-state index in [1.54, 1.807) is 36.4 Å². The van der Waals surface area contributed by atoms with Gasteiger partial charge in [0.2, 0.25) is 0 Å². The first-order chi connectivity index (χ1) is 12.5. The van der Waals surface area contributed by atoms with E-state index in [0.29, 0.717) is 12.2 Å². The number of carbonyl (C=O) groups excluding carboxylic acids is 1. The maximum absolute atomic E-state index is 12.2. The molecule has 2 aromatic rings. The van der Waals surface area contributed by atoms with Gasteiger partial charge in [0.15, 0.2) is 11.5 Å². The van der Waals surface area contributed by atoms with Crippen molar-refractivity contribution < 1.29 is 29.6 Å². The lowest BCUT2D eigenvalue weighted by atomic mass is 9.93. The second-order valence-corrected chi connectivity index (χ2v) is 6.48. The van der Waals surface area contributed by atoms with E-state index in [2.05, 4.69) is 0 Å². The Morgan fingerprint density at radius 3 is 2.58 bits per heavy atom. The van der Waals surface area contributed by atoms with Gasteiger partial charge in [0, 0.05) is 19.3 Å². The van der Waals surface area contributed by atoms with E-state index in [1.807, 2.05) is 0 Å². The van der Waals surface area contributed by atoms with Gasteiger partial charge in [0.25, 0.3) is 0 Å². The van der Waals surface area contributed by atoms with Crippen molar-refractivity contribution in [3.05, 3.63) is 53.6 Å². The maximum atomic E-state index is 12.2. The van der Waals surface area contributed by atoms with Crippen LogP contribution < -0.4 is 4.74 Å². The standard InChI is InChI=1S/C20H22O6/c1-25-19-9-13(4-7-16(19)23)18-10-15(22)11-20(26-18)17(24)8-12-2-5-14(21)6-3-12/h2-7,9,17-18,20-21,23-24H,8,10-11H2,1H3/t17-,18-,20+/m0/s1. The number of hydrogen-bond donors (Lipinski definition) is 3. The van der Waals surface area contributed by atoms with Crippen LogP contribution in [0.15, 0.2) is 42.5 Å². The molecule has 0 unspecified atom stereocenters. The van der Waals surface area contributed by atoms with E-state index in [9.17, 15) is 20.1 Å². The van der Waals surface area contributed by atoms with E-state index in [0.717, 1.165) is 11.1 Å². The highest BCUT2D eigenvalue weighted by Crippen LogP contribution is 2.35. The molecule has 1 heterocycles. The topological polar surface area (TPSA) is 96.2 Å². The summed E-state index contributed by atoms with van der Waals surface area (Å²) in [5.74, 6) is 0.504.